The van der Waals surface area contributed by atoms with Gasteiger partial charge in [-0.05, 0) is 65.3 Å². The number of halogens is 1. The first kappa shape index (κ1) is 34.9. The Labute approximate surface area is 240 Å². The minimum atomic E-state index is -1.46. The van der Waals surface area contributed by atoms with Crippen LogP contribution >= 0.6 is 12.4 Å². The van der Waals surface area contributed by atoms with Crippen LogP contribution in [0, 0.1) is 0 Å². The van der Waals surface area contributed by atoms with Gasteiger partial charge in [0.2, 0.25) is 17.7 Å². The van der Waals surface area contributed by atoms with Crippen molar-refractivity contribution in [1.82, 2.24) is 25.1 Å². The third kappa shape index (κ3) is 8.43. The number of ether oxygens (including phenoxy) is 1. The van der Waals surface area contributed by atoms with Gasteiger partial charge in [0.15, 0.2) is 6.04 Å². The van der Waals surface area contributed by atoms with Crippen molar-refractivity contribution in [2.75, 3.05) is 33.3 Å². The third-order valence-electron chi connectivity index (χ3n) is 7.12. The van der Waals surface area contributed by atoms with Crippen molar-refractivity contribution in [3.8, 4) is 0 Å². The molecule has 2 rings (SSSR count). The summed E-state index contributed by atoms with van der Waals surface area (Å²) >= 11 is 0. The fourth-order valence-electron chi connectivity index (χ4n) is 5.14. The fourth-order valence-corrected chi connectivity index (χ4v) is 5.14. The van der Waals surface area contributed by atoms with Gasteiger partial charge in [-0.1, -0.05) is 0 Å². The van der Waals surface area contributed by atoms with Crippen molar-refractivity contribution in [2.45, 2.75) is 89.9 Å². The van der Waals surface area contributed by atoms with E-state index in [0.717, 1.165) is 12.1 Å². The summed E-state index contributed by atoms with van der Waals surface area (Å²) < 4.78 is 5.15. The first-order chi connectivity index (χ1) is 18.5. The van der Waals surface area contributed by atoms with E-state index in [2.05, 4.69) is 5.32 Å². The van der Waals surface area contributed by atoms with Crippen molar-refractivity contribution in [3.05, 3.63) is 0 Å². The highest BCUT2D eigenvalue weighted by Gasteiger charge is 2.44. The molecule has 2 heterocycles. The number of hydrogen-bond donors (Lipinski definition) is 3. The number of hydrogen-bond acceptors (Lipinski definition) is 8. The number of esters is 1. The quantitative estimate of drug-likeness (QED) is 0.173. The Bertz CT molecular complexity index is 937. The van der Waals surface area contributed by atoms with Gasteiger partial charge in [0.1, 0.15) is 18.1 Å². The van der Waals surface area contributed by atoms with Crippen LogP contribution in [0.15, 0.2) is 0 Å². The molecule has 4 atom stereocenters. The molecule has 228 valence electrons. The van der Waals surface area contributed by atoms with Crippen molar-refractivity contribution in [3.63, 3.8) is 0 Å². The Balaban J connectivity index is 0.00000800. The maximum Gasteiger partial charge on any atom is 0.426 e. The Hall–Kier alpha value is -3.13. The van der Waals surface area contributed by atoms with E-state index in [1.165, 1.54) is 23.6 Å². The number of rotatable bonds is 11. The molecule has 2 aliphatic rings. The minimum Gasteiger partial charge on any atom is -0.464 e. The molecular weight excluding hydrogens is 548 g/mol. The highest BCUT2D eigenvalue weighted by molar-refractivity contribution is 5.95. The second-order valence-electron chi connectivity index (χ2n) is 9.83. The minimum absolute atomic E-state index is 0. The summed E-state index contributed by atoms with van der Waals surface area (Å²) in [5.74, 6) is -2.66. The van der Waals surface area contributed by atoms with Gasteiger partial charge in [-0.25, -0.2) is 19.6 Å². The van der Waals surface area contributed by atoms with Crippen LogP contribution < -0.4 is 11.1 Å². The molecule has 4 N–H and O–H groups in total. The van der Waals surface area contributed by atoms with Crippen LogP contribution in [0.2, 0.25) is 0 Å². The third-order valence-corrected chi connectivity index (χ3v) is 7.12. The largest absolute Gasteiger partial charge is 0.464 e. The lowest BCUT2D eigenvalue weighted by Gasteiger charge is -2.38. The van der Waals surface area contributed by atoms with Crippen molar-refractivity contribution in [1.29, 1.82) is 0 Å². The first-order valence-electron chi connectivity index (χ1n) is 13.5. The molecule has 0 aromatic carbocycles. The lowest BCUT2D eigenvalue weighted by molar-refractivity contribution is -0.170. The molecule has 2 aliphatic heterocycles. The molecule has 15 heteroatoms. The number of nitrogens with one attached hydrogen (secondary N) is 1. The van der Waals surface area contributed by atoms with E-state index in [1.807, 2.05) is 0 Å². The van der Waals surface area contributed by atoms with Crippen LogP contribution in [0.5, 0.6) is 0 Å². The number of carbonyl (C=O) groups excluding carboxylic acids is 5. The standard InChI is InChI=1S/C25H42N6O8.ClH/c1-5-39-24(36)20(10-6-7-13-26)31(28(4)25(37)38)23(35)19-12-9-15-30(19)22(34)16(2)27-21(33)18-11-8-14-29(18)17(3)32;/h16,18-20H,5-15,26H2,1-4H3,(H,27,33)(H,37,38);1H/t16-,18-,19-,20?;/m0./s1. The van der Waals surface area contributed by atoms with Gasteiger partial charge >= 0.3 is 12.1 Å². The van der Waals surface area contributed by atoms with Crippen molar-refractivity contribution < 1.29 is 38.6 Å². The van der Waals surface area contributed by atoms with Gasteiger partial charge in [0, 0.05) is 27.1 Å². The zero-order valence-corrected chi connectivity index (χ0v) is 24.5. The number of nitrogens with two attached hydrogens (primary N) is 1. The number of hydrazine groups is 1. The average molecular weight is 591 g/mol. The number of carboxylic acid groups (broad SMARTS) is 1. The van der Waals surface area contributed by atoms with Crippen LogP contribution in [-0.4, -0.2) is 118 Å². The molecule has 0 aromatic heterocycles. The van der Waals surface area contributed by atoms with Gasteiger partial charge in [-0.2, -0.15) is 0 Å². The van der Waals surface area contributed by atoms with Crippen LogP contribution in [0.3, 0.4) is 0 Å². The Morgan fingerprint density at radius 1 is 1.05 bits per heavy atom. The topological polar surface area (TPSA) is 183 Å². The van der Waals surface area contributed by atoms with Crippen LogP contribution in [-0.2, 0) is 28.7 Å². The zero-order chi connectivity index (χ0) is 29.3. The molecule has 0 aliphatic carbocycles. The number of unbranched alkanes of at least 4 members (excludes halogenated alkanes) is 1. The van der Waals surface area contributed by atoms with Crippen molar-refractivity contribution in [2.24, 2.45) is 5.73 Å². The van der Waals surface area contributed by atoms with Crippen LogP contribution in [0.1, 0.15) is 65.7 Å². The lowest BCUT2D eigenvalue weighted by Crippen LogP contribution is -2.61. The maximum atomic E-state index is 13.8. The molecule has 5 amide bonds. The second-order valence-corrected chi connectivity index (χ2v) is 9.83. The summed E-state index contributed by atoms with van der Waals surface area (Å²) in [6.07, 6.45) is 1.59. The summed E-state index contributed by atoms with van der Waals surface area (Å²) in [4.78, 5) is 79.5. The molecule has 0 spiro atoms. The lowest BCUT2D eigenvalue weighted by atomic mass is 10.1. The van der Waals surface area contributed by atoms with E-state index in [1.54, 1.807) is 6.92 Å². The van der Waals surface area contributed by atoms with Gasteiger partial charge in [0.25, 0.3) is 5.91 Å². The van der Waals surface area contributed by atoms with E-state index in [4.69, 9.17) is 10.5 Å². The summed E-state index contributed by atoms with van der Waals surface area (Å²) in [5.41, 5.74) is 5.57. The van der Waals surface area contributed by atoms with Gasteiger partial charge < -0.3 is 30.7 Å². The highest BCUT2D eigenvalue weighted by atomic mass is 35.5. The smallest absolute Gasteiger partial charge is 0.426 e. The van der Waals surface area contributed by atoms with E-state index < -0.39 is 54.0 Å². The predicted octanol–water partition coefficient (Wildman–Crippen LogP) is 0.329. The van der Waals surface area contributed by atoms with E-state index >= 15 is 0 Å². The summed E-state index contributed by atoms with van der Waals surface area (Å²) in [6, 6.07) is -3.91. The molecule has 0 aromatic rings. The molecule has 0 bridgehead atoms. The maximum absolute atomic E-state index is 13.8. The van der Waals surface area contributed by atoms with E-state index in [0.29, 0.717) is 50.2 Å². The Morgan fingerprint density at radius 3 is 2.20 bits per heavy atom. The molecule has 2 saturated heterocycles. The normalized spacial score (nSPS) is 19.7. The molecular formula is C25H43ClN6O8. The Morgan fingerprint density at radius 2 is 1.65 bits per heavy atom. The number of nitrogens with zero attached hydrogens (tertiary/aromatic N) is 4. The summed E-state index contributed by atoms with van der Waals surface area (Å²) in [6.45, 7) is 5.59. The number of amides is 5. The van der Waals surface area contributed by atoms with Gasteiger partial charge in [-0.3, -0.25) is 19.2 Å². The fraction of sp³-hybridized carbons (Fsp3) is 0.760. The number of carbonyl (C=O) groups is 6. The average Bonchev–Trinajstić information content (AvgIpc) is 3.57. The predicted molar refractivity (Wildman–Crippen MR) is 146 cm³/mol. The highest BCUT2D eigenvalue weighted by Crippen LogP contribution is 2.25. The molecule has 1 unspecified atom stereocenters. The SMILES string of the molecule is CCOC(=O)C(CCCCN)N(C(=O)[C@@H]1CCCN1C(=O)[C@H](C)NC(=O)[C@@H]1CCCN1C(C)=O)N(C)C(=O)O.Cl. The summed E-state index contributed by atoms with van der Waals surface area (Å²) in [5, 5.41) is 13.9. The Kier molecular flexibility index (Phi) is 14.1. The summed E-state index contributed by atoms with van der Waals surface area (Å²) in [7, 11) is 1.15. The molecule has 14 nitrogen and oxygen atoms in total. The van der Waals surface area contributed by atoms with E-state index in [-0.39, 0.29) is 44.3 Å². The van der Waals surface area contributed by atoms with Crippen molar-refractivity contribution >= 4 is 48.1 Å². The zero-order valence-electron chi connectivity index (χ0n) is 23.7. The molecule has 40 heavy (non-hydrogen) atoms. The first-order valence-corrected chi connectivity index (χ1v) is 13.5. The van der Waals surface area contributed by atoms with Gasteiger partial charge in [0.05, 0.1) is 6.61 Å². The second kappa shape index (κ2) is 16.2. The number of likely N-dealkylation sites (tertiary alicyclic amines) is 2. The van der Waals surface area contributed by atoms with Crippen LogP contribution in [0.25, 0.3) is 0 Å². The van der Waals surface area contributed by atoms with Gasteiger partial charge in [-0.15, -0.1) is 12.4 Å². The molecule has 2 fully saturated rings. The van der Waals surface area contributed by atoms with Crippen LogP contribution in [0.4, 0.5) is 4.79 Å². The van der Waals surface area contributed by atoms with E-state index in [9.17, 15) is 33.9 Å². The molecule has 0 radical (unpaired) electrons. The monoisotopic (exact) mass is 590 g/mol. The molecule has 0 saturated carbocycles.